The summed E-state index contributed by atoms with van der Waals surface area (Å²) < 4.78 is 29.7. The molecule has 0 fully saturated rings. The van der Waals surface area contributed by atoms with Gasteiger partial charge < -0.3 is 23.7 Å². The Kier molecular flexibility index (Phi) is 10.6. The van der Waals surface area contributed by atoms with Crippen LogP contribution >= 0.6 is 8.58 Å². The third kappa shape index (κ3) is 9.60. The van der Waals surface area contributed by atoms with E-state index in [0.29, 0.717) is 39.6 Å². The Morgan fingerprint density at radius 1 is 0.686 bits per heavy atom. The molecule has 0 radical (unpaired) electrons. The molecule has 0 aliphatic heterocycles. The van der Waals surface area contributed by atoms with E-state index >= 15 is 0 Å². The van der Waals surface area contributed by atoms with Crippen molar-refractivity contribution in [2.45, 2.75) is 79.1 Å². The number of benzene rings is 2. The molecule has 1 unspecified atom stereocenters. The molecule has 0 bridgehead atoms. The van der Waals surface area contributed by atoms with Crippen molar-refractivity contribution >= 4 is 19.4 Å². The molecule has 0 aromatic heterocycles. The second-order valence-corrected chi connectivity index (χ2v) is 12.1. The standard InChI is InChI=1S/C27H39O6P.Li/c1-25(2,3)31-17-15-20(32-26(4,5)6)23(21(16-17)33-27(7,8)9)34-24(28)22-18(29-10)13-12-14-19(22)30-11;/h12-16,34H,1-11H3;/q;+1. The Balaban J connectivity index is 0.00000612. The maximum atomic E-state index is 13.6. The van der Waals surface area contributed by atoms with Crippen LogP contribution in [0, 0.1) is 0 Å². The number of carbonyl (C=O) groups excluding carboxylic acids is 1. The van der Waals surface area contributed by atoms with Crippen molar-refractivity contribution in [2.75, 3.05) is 14.2 Å². The van der Waals surface area contributed by atoms with Gasteiger partial charge in [-0.1, -0.05) is 6.07 Å². The normalized spacial score (nSPS) is 12.2. The molecule has 0 aliphatic rings. The first-order valence-corrected chi connectivity index (χ1v) is 12.3. The van der Waals surface area contributed by atoms with E-state index in [-0.39, 0.29) is 33.0 Å². The molecule has 2 rings (SSSR count). The minimum atomic E-state index is -0.496. The Labute approximate surface area is 224 Å². The van der Waals surface area contributed by atoms with E-state index in [0.717, 1.165) is 0 Å². The van der Waals surface area contributed by atoms with Crippen LogP contribution in [0.4, 0.5) is 0 Å². The Bertz CT molecular complexity index is 957. The van der Waals surface area contributed by atoms with Crippen LogP contribution < -0.4 is 47.8 Å². The number of carbonyl (C=O) groups is 1. The number of hydrogen-bond donors (Lipinski definition) is 0. The fourth-order valence-corrected chi connectivity index (χ4v) is 4.26. The first-order valence-electron chi connectivity index (χ1n) is 11.3. The maximum Gasteiger partial charge on any atom is 1.00 e. The fourth-order valence-electron chi connectivity index (χ4n) is 3.17. The summed E-state index contributed by atoms with van der Waals surface area (Å²) in [6.45, 7) is 17.7. The number of rotatable bonds is 8. The molecular weight excluding hydrogens is 458 g/mol. The third-order valence-electron chi connectivity index (χ3n) is 4.19. The summed E-state index contributed by atoms with van der Waals surface area (Å²) in [6, 6.07) is 8.96. The second kappa shape index (κ2) is 11.9. The van der Waals surface area contributed by atoms with E-state index in [1.54, 1.807) is 18.2 Å². The summed E-state index contributed by atoms with van der Waals surface area (Å²) in [5.41, 5.74) is -1.16. The summed E-state index contributed by atoms with van der Waals surface area (Å²) in [6.07, 6.45) is 0. The summed E-state index contributed by atoms with van der Waals surface area (Å²) in [7, 11) is 2.78. The number of ether oxygens (including phenoxy) is 5. The van der Waals surface area contributed by atoms with Crippen molar-refractivity contribution in [2.24, 2.45) is 0 Å². The molecule has 188 valence electrons. The van der Waals surface area contributed by atoms with Crippen LogP contribution in [-0.4, -0.2) is 36.5 Å². The molecule has 0 N–H and O–H groups in total. The molecule has 6 nitrogen and oxygen atoms in total. The van der Waals surface area contributed by atoms with Gasteiger partial charge in [-0.3, -0.25) is 4.79 Å². The van der Waals surface area contributed by atoms with Gasteiger partial charge in [0, 0.05) is 12.1 Å². The maximum absolute atomic E-state index is 13.6. The number of hydrogen-bond acceptors (Lipinski definition) is 6. The molecule has 0 saturated carbocycles. The predicted octanol–water partition coefficient (Wildman–Crippen LogP) is 3.38. The van der Waals surface area contributed by atoms with Gasteiger partial charge in [-0.25, -0.2) is 0 Å². The molecule has 0 amide bonds. The molecule has 8 heteroatoms. The predicted molar refractivity (Wildman–Crippen MR) is 139 cm³/mol. The smallest absolute Gasteiger partial charge is 0.496 e. The van der Waals surface area contributed by atoms with E-state index in [9.17, 15) is 4.79 Å². The third-order valence-corrected chi connectivity index (χ3v) is 5.41. The van der Waals surface area contributed by atoms with Crippen molar-refractivity contribution in [1.29, 1.82) is 0 Å². The number of methoxy groups -OCH3 is 2. The summed E-state index contributed by atoms with van der Waals surface area (Å²) in [4.78, 5) is 13.6. The van der Waals surface area contributed by atoms with Crippen molar-refractivity contribution in [3.63, 3.8) is 0 Å². The van der Waals surface area contributed by atoms with E-state index < -0.39 is 16.8 Å². The molecule has 1 atom stereocenters. The van der Waals surface area contributed by atoms with Gasteiger partial charge in [0.1, 0.15) is 51.1 Å². The molecule has 0 spiro atoms. The summed E-state index contributed by atoms with van der Waals surface area (Å²) in [5.74, 6) is 2.63. The van der Waals surface area contributed by atoms with Crippen LogP contribution in [0.3, 0.4) is 0 Å². The minimum Gasteiger partial charge on any atom is -0.496 e. The van der Waals surface area contributed by atoms with Crippen LogP contribution in [0.2, 0.25) is 0 Å². The zero-order valence-electron chi connectivity index (χ0n) is 23.3. The topological polar surface area (TPSA) is 63.2 Å². The van der Waals surface area contributed by atoms with Crippen LogP contribution in [0.1, 0.15) is 72.7 Å². The monoisotopic (exact) mass is 497 g/mol. The molecule has 0 aliphatic carbocycles. The van der Waals surface area contributed by atoms with Gasteiger partial charge in [-0.15, -0.1) is 0 Å². The Hall–Kier alpha value is -1.86. The van der Waals surface area contributed by atoms with Gasteiger partial charge in [0.15, 0.2) is 5.52 Å². The van der Waals surface area contributed by atoms with Crippen molar-refractivity contribution in [3.8, 4) is 28.7 Å². The molecular formula is C27H39LiO6P+. The fraction of sp³-hybridized carbons (Fsp3) is 0.519. The molecule has 0 heterocycles. The van der Waals surface area contributed by atoms with Gasteiger partial charge in [0.2, 0.25) is 0 Å². The average Bonchev–Trinajstić information content (AvgIpc) is 2.66. The second-order valence-electron chi connectivity index (χ2n) is 10.9. The first-order chi connectivity index (χ1) is 15.5. The van der Waals surface area contributed by atoms with Gasteiger partial charge in [-0.05, 0) is 83.0 Å². The largest absolute Gasteiger partial charge is 1.00 e. The summed E-state index contributed by atoms with van der Waals surface area (Å²) in [5, 5.41) is 0.670. The van der Waals surface area contributed by atoms with Crippen LogP contribution in [0.15, 0.2) is 30.3 Å². The molecule has 35 heavy (non-hydrogen) atoms. The molecule has 2 aromatic carbocycles. The van der Waals surface area contributed by atoms with Crippen LogP contribution in [-0.2, 0) is 0 Å². The molecule has 2 aromatic rings. The Morgan fingerprint density at radius 3 is 1.43 bits per heavy atom. The van der Waals surface area contributed by atoms with Gasteiger partial charge in [0.25, 0.3) is 0 Å². The zero-order chi connectivity index (χ0) is 25.9. The minimum absolute atomic E-state index is 0. The van der Waals surface area contributed by atoms with E-state index in [1.807, 2.05) is 74.4 Å². The van der Waals surface area contributed by atoms with Gasteiger partial charge in [0.05, 0.1) is 19.5 Å². The SMILES string of the molecule is COc1cccc(OC)c1C(=O)Pc1c(OC(C)(C)C)cc(OC(C)(C)C)cc1OC(C)(C)C.[Li+]. The van der Waals surface area contributed by atoms with Crippen molar-refractivity contribution in [3.05, 3.63) is 35.9 Å². The average molecular weight is 498 g/mol. The van der Waals surface area contributed by atoms with Crippen molar-refractivity contribution < 1.29 is 47.3 Å². The van der Waals surface area contributed by atoms with Crippen LogP contribution in [0.5, 0.6) is 28.7 Å². The van der Waals surface area contributed by atoms with E-state index in [2.05, 4.69) is 0 Å². The first kappa shape index (κ1) is 31.2. The van der Waals surface area contributed by atoms with Gasteiger partial charge >= 0.3 is 18.9 Å². The van der Waals surface area contributed by atoms with E-state index in [4.69, 9.17) is 23.7 Å². The summed E-state index contributed by atoms with van der Waals surface area (Å²) >= 11 is 0. The van der Waals surface area contributed by atoms with Gasteiger partial charge in [-0.2, -0.15) is 0 Å². The quantitative estimate of drug-likeness (QED) is 0.412. The Morgan fingerprint density at radius 2 is 1.09 bits per heavy atom. The van der Waals surface area contributed by atoms with Crippen molar-refractivity contribution in [1.82, 2.24) is 0 Å². The zero-order valence-corrected chi connectivity index (χ0v) is 24.3. The molecule has 0 saturated heterocycles. The van der Waals surface area contributed by atoms with Crippen LogP contribution in [0.25, 0.3) is 0 Å². The van der Waals surface area contributed by atoms with E-state index in [1.165, 1.54) is 14.2 Å².